The molecule has 2 atom stereocenters. The Morgan fingerprint density at radius 1 is 1.56 bits per heavy atom. The van der Waals surface area contributed by atoms with E-state index in [0.29, 0.717) is 13.0 Å². The topological polar surface area (TPSA) is 58.6 Å². The summed E-state index contributed by atoms with van der Waals surface area (Å²) >= 11 is 0. The van der Waals surface area contributed by atoms with Gasteiger partial charge in [0.25, 0.3) is 0 Å². The van der Waals surface area contributed by atoms with Crippen LogP contribution in [0.3, 0.4) is 0 Å². The molecule has 0 fully saturated rings. The summed E-state index contributed by atoms with van der Waals surface area (Å²) in [6.07, 6.45) is 1.50. The van der Waals surface area contributed by atoms with Crippen LogP contribution >= 0.6 is 0 Å². The summed E-state index contributed by atoms with van der Waals surface area (Å²) in [6, 6.07) is 7.73. The average molecular weight is 249 g/mol. The maximum absolute atomic E-state index is 12.1. The number of rotatable bonds is 5. The van der Waals surface area contributed by atoms with Crippen molar-refractivity contribution in [3.63, 3.8) is 0 Å². The van der Waals surface area contributed by atoms with E-state index in [0.717, 1.165) is 17.7 Å². The third kappa shape index (κ3) is 2.82. The molecule has 0 saturated carbocycles. The van der Waals surface area contributed by atoms with Gasteiger partial charge in [-0.1, -0.05) is 18.2 Å². The molecule has 4 nitrogen and oxygen atoms in total. The first kappa shape index (κ1) is 12.9. The summed E-state index contributed by atoms with van der Waals surface area (Å²) in [7, 11) is 0. The summed E-state index contributed by atoms with van der Waals surface area (Å²) in [4.78, 5) is 12.1. The van der Waals surface area contributed by atoms with Crippen molar-refractivity contribution in [3.05, 3.63) is 29.8 Å². The van der Waals surface area contributed by atoms with Crippen molar-refractivity contribution in [1.29, 1.82) is 0 Å². The number of amides is 1. The molecule has 1 aliphatic rings. The maximum atomic E-state index is 12.1. The highest BCUT2D eigenvalue weighted by atomic mass is 16.5. The molecule has 18 heavy (non-hydrogen) atoms. The predicted octanol–water partition coefficient (Wildman–Crippen LogP) is 1.44. The molecule has 2 N–H and O–H groups in total. The van der Waals surface area contributed by atoms with Crippen LogP contribution in [-0.2, 0) is 4.79 Å². The third-order valence-corrected chi connectivity index (χ3v) is 3.20. The molecule has 1 aromatic carbocycles. The smallest absolute Gasteiger partial charge is 0.231 e. The molecule has 0 radical (unpaired) electrons. The van der Waals surface area contributed by atoms with Gasteiger partial charge < -0.3 is 15.2 Å². The van der Waals surface area contributed by atoms with Crippen LogP contribution in [0, 0.1) is 0 Å². The number of fused-ring (bicyclic) bond motifs is 1. The van der Waals surface area contributed by atoms with Gasteiger partial charge in [0.2, 0.25) is 5.91 Å². The Morgan fingerprint density at radius 3 is 3.11 bits per heavy atom. The van der Waals surface area contributed by atoms with E-state index >= 15 is 0 Å². The monoisotopic (exact) mass is 249 g/mol. The molecule has 98 valence electrons. The number of aliphatic hydroxyl groups is 1. The molecule has 0 aromatic heterocycles. The van der Waals surface area contributed by atoms with Crippen LogP contribution in [0.2, 0.25) is 0 Å². The maximum Gasteiger partial charge on any atom is 0.231 e. The third-order valence-electron chi connectivity index (χ3n) is 3.20. The van der Waals surface area contributed by atoms with E-state index < -0.39 is 0 Å². The van der Waals surface area contributed by atoms with Crippen LogP contribution in [0.15, 0.2) is 24.3 Å². The number of benzene rings is 1. The zero-order chi connectivity index (χ0) is 13.0. The molecule has 1 aromatic rings. The number of nitrogens with one attached hydrogen (secondary N) is 1. The van der Waals surface area contributed by atoms with Crippen molar-refractivity contribution in [1.82, 2.24) is 5.32 Å². The molecule has 0 bridgehead atoms. The van der Waals surface area contributed by atoms with E-state index in [9.17, 15) is 4.79 Å². The van der Waals surface area contributed by atoms with Gasteiger partial charge in [-0.2, -0.15) is 0 Å². The van der Waals surface area contributed by atoms with Crippen molar-refractivity contribution in [3.8, 4) is 5.75 Å². The van der Waals surface area contributed by atoms with Gasteiger partial charge >= 0.3 is 0 Å². The Bertz CT molecular complexity index is 419. The zero-order valence-electron chi connectivity index (χ0n) is 10.6. The Kier molecular flexibility index (Phi) is 4.20. The molecular weight excluding hydrogens is 230 g/mol. The van der Waals surface area contributed by atoms with Gasteiger partial charge in [-0.3, -0.25) is 4.79 Å². The second-order valence-corrected chi connectivity index (χ2v) is 4.68. The Balaban J connectivity index is 1.95. The van der Waals surface area contributed by atoms with Crippen molar-refractivity contribution >= 4 is 5.91 Å². The summed E-state index contributed by atoms with van der Waals surface area (Å²) in [6.45, 7) is 2.53. The van der Waals surface area contributed by atoms with E-state index in [2.05, 4.69) is 5.32 Å². The van der Waals surface area contributed by atoms with Crippen molar-refractivity contribution in [2.24, 2.45) is 0 Å². The molecular formula is C14H19NO3. The van der Waals surface area contributed by atoms with E-state index in [1.807, 2.05) is 31.2 Å². The SMILES string of the molecule is CC(CCCO)NC(=O)C1COc2ccccc21. The minimum Gasteiger partial charge on any atom is -0.492 e. The van der Waals surface area contributed by atoms with Gasteiger partial charge in [0.1, 0.15) is 18.3 Å². The largest absolute Gasteiger partial charge is 0.492 e. The average Bonchev–Trinajstić information content (AvgIpc) is 2.80. The van der Waals surface area contributed by atoms with Crippen LogP contribution in [0.5, 0.6) is 5.75 Å². The number of para-hydroxylation sites is 1. The van der Waals surface area contributed by atoms with Gasteiger partial charge in [-0.25, -0.2) is 0 Å². The fourth-order valence-electron chi connectivity index (χ4n) is 2.19. The van der Waals surface area contributed by atoms with Gasteiger partial charge in [0, 0.05) is 18.2 Å². The first-order valence-corrected chi connectivity index (χ1v) is 6.35. The van der Waals surface area contributed by atoms with Crippen molar-refractivity contribution in [2.45, 2.75) is 31.7 Å². The fraction of sp³-hybridized carbons (Fsp3) is 0.500. The second-order valence-electron chi connectivity index (χ2n) is 4.68. The molecule has 2 unspecified atom stereocenters. The quantitative estimate of drug-likeness (QED) is 0.830. The number of ether oxygens (including phenoxy) is 1. The Labute approximate surface area is 107 Å². The normalized spacial score (nSPS) is 18.9. The standard InChI is InChI=1S/C14H19NO3/c1-10(5-4-8-16)15-14(17)12-9-18-13-7-3-2-6-11(12)13/h2-3,6-7,10,12,16H,4-5,8-9H2,1H3,(H,15,17). The molecule has 1 heterocycles. The van der Waals surface area contributed by atoms with E-state index in [1.165, 1.54) is 0 Å². The minimum atomic E-state index is -0.210. The second kappa shape index (κ2) is 5.87. The molecule has 0 aliphatic carbocycles. The van der Waals surface area contributed by atoms with E-state index in [1.54, 1.807) is 0 Å². The van der Waals surface area contributed by atoms with E-state index in [4.69, 9.17) is 9.84 Å². The van der Waals surface area contributed by atoms with Gasteiger partial charge in [-0.05, 0) is 25.8 Å². The number of hydrogen-bond donors (Lipinski definition) is 2. The van der Waals surface area contributed by atoms with Gasteiger partial charge in [0.05, 0.1) is 0 Å². The molecule has 1 amide bonds. The highest BCUT2D eigenvalue weighted by Gasteiger charge is 2.30. The summed E-state index contributed by atoms with van der Waals surface area (Å²) in [5, 5.41) is 11.7. The number of carbonyl (C=O) groups excluding carboxylic acids is 1. The van der Waals surface area contributed by atoms with Gasteiger partial charge in [-0.15, -0.1) is 0 Å². The fourth-order valence-corrected chi connectivity index (χ4v) is 2.19. The van der Waals surface area contributed by atoms with Gasteiger partial charge in [0.15, 0.2) is 0 Å². The molecule has 0 spiro atoms. The Morgan fingerprint density at radius 2 is 2.33 bits per heavy atom. The lowest BCUT2D eigenvalue weighted by atomic mass is 10.00. The van der Waals surface area contributed by atoms with Crippen molar-refractivity contribution in [2.75, 3.05) is 13.2 Å². The lowest BCUT2D eigenvalue weighted by molar-refractivity contribution is -0.123. The van der Waals surface area contributed by atoms with Crippen LogP contribution < -0.4 is 10.1 Å². The molecule has 1 aliphatic heterocycles. The van der Waals surface area contributed by atoms with Crippen LogP contribution in [-0.4, -0.2) is 30.3 Å². The lowest BCUT2D eigenvalue weighted by Crippen LogP contribution is -2.37. The lowest BCUT2D eigenvalue weighted by Gasteiger charge is -2.16. The van der Waals surface area contributed by atoms with Crippen LogP contribution in [0.25, 0.3) is 0 Å². The highest BCUT2D eigenvalue weighted by molar-refractivity contribution is 5.85. The summed E-state index contributed by atoms with van der Waals surface area (Å²) in [5.74, 6) is 0.601. The molecule has 0 saturated heterocycles. The predicted molar refractivity (Wildman–Crippen MR) is 68.6 cm³/mol. The van der Waals surface area contributed by atoms with Crippen LogP contribution in [0.4, 0.5) is 0 Å². The molecule has 4 heteroatoms. The first-order chi connectivity index (χ1) is 8.72. The molecule has 2 rings (SSSR count). The number of hydrogen-bond acceptors (Lipinski definition) is 3. The minimum absolute atomic E-state index is 0.00499. The Hall–Kier alpha value is -1.55. The highest BCUT2D eigenvalue weighted by Crippen LogP contribution is 2.33. The summed E-state index contributed by atoms with van der Waals surface area (Å²) < 4.78 is 5.49. The number of aliphatic hydroxyl groups excluding tert-OH is 1. The zero-order valence-corrected chi connectivity index (χ0v) is 10.6. The van der Waals surface area contributed by atoms with Crippen LogP contribution in [0.1, 0.15) is 31.2 Å². The van der Waals surface area contributed by atoms with Crippen molar-refractivity contribution < 1.29 is 14.6 Å². The summed E-state index contributed by atoms with van der Waals surface area (Å²) in [5.41, 5.74) is 0.962. The van der Waals surface area contributed by atoms with E-state index in [-0.39, 0.29) is 24.5 Å². The first-order valence-electron chi connectivity index (χ1n) is 6.35. The number of carbonyl (C=O) groups is 1.